The van der Waals surface area contributed by atoms with E-state index in [9.17, 15) is 4.39 Å². The first-order chi connectivity index (χ1) is 8.26. The van der Waals surface area contributed by atoms with Gasteiger partial charge in [-0.3, -0.25) is 0 Å². The van der Waals surface area contributed by atoms with Gasteiger partial charge in [0.2, 0.25) is 0 Å². The van der Waals surface area contributed by atoms with Crippen molar-refractivity contribution < 1.29 is 4.39 Å². The van der Waals surface area contributed by atoms with Crippen LogP contribution in [0, 0.1) is 5.82 Å². The lowest BCUT2D eigenvalue weighted by Gasteiger charge is -1.92. The highest BCUT2D eigenvalue weighted by molar-refractivity contribution is 5.15. The number of hydrogen-bond acceptors (Lipinski definition) is 0. The molecule has 0 saturated carbocycles. The van der Waals surface area contributed by atoms with Crippen LogP contribution in [0.25, 0.3) is 0 Å². The van der Waals surface area contributed by atoms with Crippen molar-refractivity contribution in [3.63, 3.8) is 0 Å². The Morgan fingerprint density at radius 3 is 1.59 bits per heavy atom. The second kappa shape index (κ2) is 7.61. The normalized spacial score (nSPS) is 9.35. The molecule has 2 rings (SSSR count). The van der Waals surface area contributed by atoms with Crippen molar-refractivity contribution in [2.75, 3.05) is 0 Å². The van der Waals surface area contributed by atoms with Gasteiger partial charge in [0.15, 0.2) is 0 Å². The number of rotatable bonds is 2. The van der Waals surface area contributed by atoms with E-state index in [-0.39, 0.29) is 5.82 Å². The molecule has 0 fully saturated rings. The molecule has 0 amide bonds. The molecule has 0 aliphatic rings. The minimum absolute atomic E-state index is 0.160. The summed E-state index contributed by atoms with van der Waals surface area (Å²) in [6, 6.07) is 17.0. The van der Waals surface area contributed by atoms with Crippen LogP contribution < -0.4 is 0 Å². The maximum absolute atomic E-state index is 12.2. The Morgan fingerprint density at radius 1 is 0.706 bits per heavy atom. The van der Waals surface area contributed by atoms with Crippen molar-refractivity contribution in [3.8, 4) is 0 Å². The fraction of sp³-hybridized carbons (Fsp3) is 0.250. The van der Waals surface area contributed by atoms with E-state index in [0.717, 1.165) is 12.8 Å². The average Bonchev–Trinajstić information content (AvgIpc) is 2.41. The molecular weight excluding hydrogens is 211 g/mol. The molecule has 0 radical (unpaired) electrons. The average molecular weight is 230 g/mol. The summed E-state index contributed by atoms with van der Waals surface area (Å²) in [5.74, 6) is -0.160. The molecule has 17 heavy (non-hydrogen) atoms. The lowest BCUT2D eigenvalue weighted by molar-refractivity contribution is 0.627. The molecule has 0 nitrogen and oxygen atoms in total. The van der Waals surface area contributed by atoms with Crippen molar-refractivity contribution in [2.45, 2.75) is 26.7 Å². The molecule has 0 atom stereocenters. The second-order valence-electron chi connectivity index (χ2n) is 3.82. The third-order valence-corrected chi connectivity index (χ3v) is 2.57. The number of benzene rings is 2. The zero-order chi connectivity index (χ0) is 12.5. The summed E-state index contributed by atoms with van der Waals surface area (Å²) in [6.07, 6.45) is 2.11. The molecule has 90 valence electrons. The third-order valence-electron chi connectivity index (χ3n) is 2.57. The summed E-state index contributed by atoms with van der Waals surface area (Å²) in [4.78, 5) is 0. The molecule has 1 heteroatoms. The first-order valence-corrected chi connectivity index (χ1v) is 6.04. The van der Waals surface area contributed by atoms with Gasteiger partial charge in [0.05, 0.1) is 0 Å². The minimum atomic E-state index is -0.160. The SMILES string of the molecule is CCc1ccc(F)cc1.CCc1ccccc1. The lowest BCUT2D eigenvalue weighted by Crippen LogP contribution is -1.78. The zero-order valence-electron chi connectivity index (χ0n) is 10.5. The molecule has 0 bridgehead atoms. The predicted molar refractivity (Wildman–Crippen MR) is 71.6 cm³/mol. The van der Waals surface area contributed by atoms with Crippen molar-refractivity contribution in [2.24, 2.45) is 0 Å². The van der Waals surface area contributed by atoms with Crippen LogP contribution in [0.2, 0.25) is 0 Å². The van der Waals surface area contributed by atoms with Crippen molar-refractivity contribution in [1.82, 2.24) is 0 Å². The zero-order valence-corrected chi connectivity index (χ0v) is 10.5. The maximum atomic E-state index is 12.2. The Hall–Kier alpha value is -1.63. The van der Waals surface area contributed by atoms with Crippen LogP contribution in [0.15, 0.2) is 54.6 Å². The fourth-order valence-electron chi connectivity index (χ4n) is 1.43. The minimum Gasteiger partial charge on any atom is -0.207 e. The summed E-state index contributed by atoms with van der Waals surface area (Å²) >= 11 is 0. The summed E-state index contributed by atoms with van der Waals surface area (Å²) in [6.45, 7) is 4.21. The maximum Gasteiger partial charge on any atom is 0.123 e. The first-order valence-electron chi connectivity index (χ1n) is 6.04. The van der Waals surface area contributed by atoms with Crippen LogP contribution in [-0.4, -0.2) is 0 Å². The molecule has 0 aliphatic carbocycles. The highest BCUT2D eigenvalue weighted by Gasteiger charge is 1.87. The molecule has 2 aromatic carbocycles. The number of hydrogen-bond donors (Lipinski definition) is 0. The molecule has 0 N–H and O–H groups in total. The Bertz CT molecular complexity index is 403. The number of halogens is 1. The van der Waals surface area contributed by atoms with E-state index >= 15 is 0 Å². The van der Waals surface area contributed by atoms with Gasteiger partial charge in [-0.2, -0.15) is 0 Å². The summed E-state index contributed by atoms with van der Waals surface area (Å²) < 4.78 is 12.2. The molecule has 0 aromatic heterocycles. The van der Waals surface area contributed by atoms with Gasteiger partial charge in [-0.15, -0.1) is 0 Å². The quantitative estimate of drug-likeness (QED) is 0.705. The van der Waals surface area contributed by atoms with E-state index in [1.54, 1.807) is 12.1 Å². The van der Waals surface area contributed by atoms with Crippen LogP contribution in [0.1, 0.15) is 25.0 Å². The van der Waals surface area contributed by atoms with Crippen LogP contribution >= 0.6 is 0 Å². The van der Waals surface area contributed by atoms with Gasteiger partial charge < -0.3 is 0 Å². The van der Waals surface area contributed by atoms with Crippen LogP contribution in [-0.2, 0) is 12.8 Å². The highest BCUT2D eigenvalue weighted by Crippen LogP contribution is 2.02. The molecule has 0 saturated heterocycles. The summed E-state index contributed by atoms with van der Waals surface area (Å²) in [5, 5.41) is 0. The molecule has 2 aromatic rings. The van der Waals surface area contributed by atoms with E-state index < -0.39 is 0 Å². The van der Waals surface area contributed by atoms with Gasteiger partial charge in [-0.25, -0.2) is 4.39 Å². The summed E-state index contributed by atoms with van der Waals surface area (Å²) in [5.41, 5.74) is 2.59. The van der Waals surface area contributed by atoms with E-state index in [4.69, 9.17) is 0 Å². The van der Waals surface area contributed by atoms with Gasteiger partial charge in [-0.1, -0.05) is 56.3 Å². The van der Waals surface area contributed by atoms with E-state index in [0.29, 0.717) is 0 Å². The topological polar surface area (TPSA) is 0 Å². The molecule has 0 aliphatic heterocycles. The Labute approximate surface area is 103 Å². The van der Waals surface area contributed by atoms with Gasteiger partial charge in [0, 0.05) is 0 Å². The lowest BCUT2D eigenvalue weighted by atomic mass is 10.2. The molecular formula is C16H19F. The van der Waals surface area contributed by atoms with Crippen molar-refractivity contribution >= 4 is 0 Å². The van der Waals surface area contributed by atoms with E-state index in [2.05, 4.69) is 31.2 Å². The Morgan fingerprint density at radius 2 is 1.18 bits per heavy atom. The van der Waals surface area contributed by atoms with E-state index in [1.807, 2.05) is 13.0 Å². The van der Waals surface area contributed by atoms with Gasteiger partial charge in [0.1, 0.15) is 5.82 Å². The molecule has 0 unspecified atom stereocenters. The molecule has 0 heterocycles. The smallest absolute Gasteiger partial charge is 0.123 e. The third kappa shape index (κ3) is 5.30. The Kier molecular flexibility index (Phi) is 6.02. The fourth-order valence-corrected chi connectivity index (χ4v) is 1.43. The van der Waals surface area contributed by atoms with Crippen LogP contribution in [0.4, 0.5) is 4.39 Å². The van der Waals surface area contributed by atoms with Crippen molar-refractivity contribution in [3.05, 3.63) is 71.5 Å². The van der Waals surface area contributed by atoms with Crippen LogP contribution in [0.3, 0.4) is 0 Å². The van der Waals surface area contributed by atoms with Gasteiger partial charge >= 0.3 is 0 Å². The second-order valence-corrected chi connectivity index (χ2v) is 3.82. The Balaban J connectivity index is 0.000000171. The van der Waals surface area contributed by atoms with E-state index in [1.165, 1.54) is 23.3 Å². The first kappa shape index (κ1) is 13.4. The molecule has 0 spiro atoms. The monoisotopic (exact) mass is 230 g/mol. The standard InChI is InChI=1S/C8H9F.C8H10/c1-2-7-3-5-8(9)6-4-7;1-2-8-6-4-3-5-7-8/h3-6H,2H2,1H3;3-7H,2H2,1H3. The van der Waals surface area contributed by atoms with Gasteiger partial charge in [0.25, 0.3) is 0 Å². The highest BCUT2D eigenvalue weighted by atomic mass is 19.1. The predicted octanol–water partition coefficient (Wildman–Crippen LogP) is 4.64. The van der Waals surface area contributed by atoms with Crippen LogP contribution in [0.5, 0.6) is 0 Å². The largest absolute Gasteiger partial charge is 0.207 e. The van der Waals surface area contributed by atoms with Gasteiger partial charge in [-0.05, 0) is 36.1 Å². The summed E-state index contributed by atoms with van der Waals surface area (Å²) in [7, 11) is 0. The van der Waals surface area contributed by atoms with Crippen molar-refractivity contribution in [1.29, 1.82) is 0 Å². The number of aryl methyl sites for hydroxylation is 2.